The Morgan fingerprint density at radius 1 is 1.30 bits per heavy atom. The molecule has 30 heavy (non-hydrogen) atoms. The third-order valence-corrected chi connectivity index (χ3v) is 5.38. The number of carbonyl (C=O) groups excluding carboxylic acids is 1. The fraction of sp³-hybridized carbons (Fsp3) is 0.238. The van der Waals surface area contributed by atoms with E-state index >= 15 is 0 Å². The number of hydrogen-bond donors (Lipinski definition) is 4. The third-order valence-electron chi connectivity index (χ3n) is 5.38. The molecule has 8 nitrogen and oxygen atoms in total. The average Bonchev–Trinajstić information content (AvgIpc) is 3.13. The molecule has 0 fully saturated rings. The van der Waals surface area contributed by atoms with E-state index in [1.54, 1.807) is 24.5 Å². The van der Waals surface area contributed by atoms with Gasteiger partial charge < -0.3 is 25.1 Å². The number of fused-ring (bicyclic) bond motifs is 3. The maximum absolute atomic E-state index is 14.3. The topological polar surface area (TPSA) is 100 Å². The highest BCUT2D eigenvalue weighted by Gasteiger charge is 2.34. The second kappa shape index (κ2) is 7.34. The lowest BCUT2D eigenvalue weighted by molar-refractivity contribution is 0.0940. The van der Waals surface area contributed by atoms with Crippen molar-refractivity contribution in [3.05, 3.63) is 53.7 Å². The highest BCUT2D eigenvalue weighted by atomic mass is 19.1. The summed E-state index contributed by atoms with van der Waals surface area (Å²) in [5.74, 6) is -0.0170. The van der Waals surface area contributed by atoms with Crippen LogP contribution in [0.2, 0.25) is 0 Å². The number of carbonyl (C=O) groups is 1. The number of hydrogen-bond acceptors (Lipinski definition) is 6. The zero-order chi connectivity index (χ0) is 20.7. The van der Waals surface area contributed by atoms with Gasteiger partial charge in [-0.1, -0.05) is 6.07 Å². The van der Waals surface area contributed by atoms with E-state index < -0.39 is 5.82 Å². The van der Waals surface area contributed by atoms with Crippen LogP contribution in [0.4, 0.5) is 15.8 Å². The minimum Gasteiger partial charge on any atom is -0.492 e. The lowest BCUT2D eigenvalue weighted by Crippen LogP contribution is -2.39. The Hall–Kier alpha value is -3.59. The summed E-state index contributed by atoms with van der Waals surface area (Å²) in [6.07, 6.45) is 3.29. The van der Waals surface area contributed by atoms with Gasteiger partial charge in [0, 0.05) is 36.5 Å². The van der Waals surface area contributed by atoms with E-state index in [4.69, 9.17) is 9.47 Å². The van der Waals surface area contributed by atoms with E-state index in [9.17, 15) is 9.18 Å². The third kappa shape index (κ3) is 2.94. The van der Waals surface area contributed by atoms with Gasteiger partial charge in [-0.25, -0.2) is 4.39 Å². The van der Waals surface area contributed by atoms with Crippen molar-refractivity contribution >= 4 is 17.3 Å². The van der Waals surface area contributed by atoms with E-state index in [0.29, 0.717) is 48.2 Å². The van der Waals surface area contributed by atoms with Crippen molar-refractivity contribution in [2.45, 2.75) is 5.92 Å². The summed E-state index contributed by atoms with van der Waals surface area (Å²) in [6, 6.07) is 6.42. The maximum atomic E-state index is 14.3. The van der Waals surface area contributed by atoms with E-state index in [1.807, 2.05) is 6.07 Å². The molecular weight excluding hydrogens is 389 g/mol. The second-order valence-corrected chi connectivity index (χ2v) is 7.13. The molecule has 3 aromatic rings. The first-order valence-electron chi connectivity index (χ1n) is 9.59. The summed E-state index contributed by atoms with van der Waals surface area (Å²) in [6.45, 7) is 1.44. The van der Waals surface area contributed by atoms with E-state index in [-0.39, 0.29) is 17.6 Å². The number of para-hydroxylation sites is 1. The number of aromatic nitrogens is 2. The molecule has 0 saturated carbocycles. The highest BCUT2D eigenvalue weighted by Crippen LogP contribution is 2.43. The quantitative estimate of drug-likeness (QED) is 0.531. The van der Waals surface area contributed by atoms with Crippen LogP contribution in [-0.2, 0) is 0 Å². The standard InChI is InChI=1S/C21H20FN5O3/c1-29-20-13(22)3-2-4-14(20)26-19-16-17-11(8-25-21(16)28)7-24-10-30-15-9-23-6-5-12(15)18(19)27-17/h2-6,9,11,24,26-27H,7-8,10H2,1H3,(H,25,28)/t11-/m0/s1. The SMILES string of the molecule is COc1c(F)cccc1Nc1c2[nH]c3c1C(=O)NC[C@@H]3CNCOc1cnccc1-2. The molecule has 2 aliphatic heterocycles. The Morgan fingerprint density at radius 2 is 2.20 bits per heavy atom. The fourth-order valence-electron chi connectivity index (χ4n) is 3.98. The Balaban J connectivity index is 1.75. The van der Waals surface area contributed by atoms with Crippen LogP contribution in [0.3, 0.4) is 0 Å². The Morgan fingerprint density at radius 3 is 3.07 bits per heavy atom. The molecule has 2 aromatic heterocycles. The number of methoxy groups -OCH3 is 1. The molecule has 1 aromatic carbocycles. The first-order valence-corrected chi connectivity index (χ1v) is 9.59. The van der Waals surface area contributed by atoms with Gasteiger partial charge in [0.05, 0.1) is 35.9 Å². The van der Waals surface area contributed by atoms with Crippen LogP contribution in [0, 0.1) is 5.82 Å². The van der Waals surface area contributed by atoms with Crippen molar-refractivity contribution in [1.82, 2.24) is 20.6 Å². The van der Waals surface area contributed by atoms with Crippen molar-refractivity contribution in [3.63, 3.8) is 0 Å². The molecule has 9 heteroatoms. The van der Waals surface area contributed by atoms with Crippen LogP contribution < -0.4 is 25.4 Å². The van der Waals surface area contributed by atoms with Crippen molar-refractivity contribution in [2.75, 3.05) is 32.2 Å². The van der Waals surface area contributed by atoms with Gasteiger partial charge >= 0.3 is 0 Å². The normalized spacial score (nSPS) is 17.4. The van der Waals surface area contributed by atoms with Crippen LogP contribution in [0.25, 0.3) is 11.3 Å². The van der Waals surface area contributed by atoms with Gasteiger partial charge in [0.15, 0.2) is 11.6 Å². The number of amides is 1. The zero-order valence-electron chi connectivity index (χ0n) is 16.2. The summed E-state index contributed by atoms with van der Waals surface area (Å²) in [5.41, 5.74) is 3.69. The Bertz CT molecular complexity index is 1130. The number of rotatable bonds is 3. The van der Waals surface area contributed by atoms with Gasteiger partial charge in [-0.2, -0.15) is 0 Å². The Kier molecular flexibility index (Phi) is 4.51. The van der Waals surface area contributed by atoms with Crippen LogP contribution in [0.5, 0.6) is 11.5 Å². The number of nitrogens with zero attached hydrogens (tertiary/aromatic N) is 1. The van der Waals surface area contributed by atoms with Crippen molar-refractivity contribution < 1.29 is 18.7 Å². The summed E-state index contributed by atoms with van der Waals surface area (Å²) in [5, 5.41) is 9.44. The summed E-state index contributed by atoms with van der Waals surface area (Å²) in [4.78, 5) is 20.4. The van der Waals surface area contributed by atoms with Crippen LogP contribution in [0.1, 0.15) is 22.0 Å². The van der Waals surface area contributed by atoms with Crippen LogP contribution >= 0.6 is 0 Å². The number of halogens is 1. The molecular formula is C21H20FN5O3. The van der Waals surface area contributed by atoms with Gasteiger partial charge in [-0.3, -0.25) is 15.1 Å². The first kappa shape index (κ1) is 18.4. The maximum Gasteiger partial charge on any atom is 0.255 e. The Labute approximate surface area is 171 Å². The molecule has 5 rings (SSSR count). The fourth-order valence-corrected chi connectivity index (χ4v) is 3.98. The highest BCUT2D eigenvalue weighted by molar-refractivity contribution is 6.07. The summed E-state index contributed by atoms with van der Waals surface area (Å²) in [7, 11) is 1.41. The molecule has 4 heterocycles. The average molecular weight is 409 g/mol. The van der Waals surface area contributed by atoms with Crippen molar-refractivity contribution in [1.29, 1.82) is 0 Å². The van der Waals surface area contributed by atoms with Gasteiger partial charge in [-0.15, -0.1) is 0 Å². The zero-order valence-corrected chi connectivity index (χ0v) is 16.2. The van der Waals surface area contributed by atoms with Gasteiger partial charge in [0.2, 0.25) is 0 Å². The largest absolute Gasteiger partial charge is 0.492 e. The minimum atomic E-state index is -0.495. The molecule has 2 bridgehead atoms. The number of ether oxygens (including phenoxy) is 2. The predicted molar refractivity (Wildman–Crippen MR) is 109 cm³/mol. The number of benzene rings is 1. The molecule has 1 amide bonds. The monoisotopic (exact) mass is 409 g/mol. The number of anilines is 2. The predicted octanol–water partition coefficient (Wildman–Crippen LogP) is 2.73. The molecule has 1 atom stereocenters. The molecule has 0 radical (unpaired) electrons. The molecule has 0 unspecified atom stereocenters. The minimum absolute atomic E-state index is 0.0355. The van der Waals surface area contributed by atoms with Crippen LogP contribution in [-0.4, -0.2) is 42.8 Å². The van der Waals surface area contributed by atoms with E-state index in [0.717, 1.165) is 11.3 Å². The van der Waals surface area contributed by atoms with Crippen molar-refractivity contribution in [2.24, 2.45) is 0 Å². The smallest absolute Gasteiger partial charge is 0.255 e. The van der Waals surface area contributed by atoms with Gasteiger partial charge in [0.1, 0.15) is 12.5 Å². The van der Waals surface area contributed by atoms with E-state index in [2.05, 4.69) is 25.9 Å². The van der Waals surface area contributed by atoms with Gasteiger partial charge in [0.25, 0.3) is 5.91 Å². The molecule has 4 N–H and O–H groups in total. The first-order chi connectivity index (χ1) is 14.7. The lowest BCUT2D eigenvalue weighted by Gasteiger charge is -2.24. The number of aromatic amines is 1. The van der Waals surface area contributed by atoms with Gasteiger partial charge in [-0.05, 0) is 18.2 Å². The number of nitrogens with one attached hydrogen (secondary N) is 4. The molecule has 0 aliphatic carbocycles. The lowest BCUT2D eigenvalue weighted by atomic mass is 9.96. The number of pyridine rings is 1. The molecule has 2 aliphatic rings. The van der Waals surface area contributed by atoms with Crippen molar-refractivity contribution in [3.8, 4) is 22.8 Å². The molecule has 154 valence electrons. The summed E-state index contributed by atoms with van der Waals surface area (Å²) < 4.78 is 25.4. The molecule has 0 saturated heterocycles. The van der Waals surface area contributed by atoms with E-state index in [1.165, 1.54) is 13.2 Å². The number of H-pyrrole nitrogens is 1. The summed E-state index contributed by atoms with van der Waals surface area (Å²) >= 11 is 0. The van der Waals surface area contributed by atoms with Crippen LogP contribution in [0.15, 0.2) is 36.7 Å². The molecule has 0 spiro atoms. The second-order valence-electron chi connectivity index (χ2n) is 7.13.